The molecule has 1 aliphatic heterocycles. The van der Waals surface area contributed by atoms with Crippen LogP contribution in [-0.4, -0.2) is 41.6 Å². The summed E-state index contributed by atoms with van der Waals surface area (Å²) in [7, 11) is -2.66. The van der Waals surface area contributed by atoms with E-state index in [0.717, 1.165) is 28.6 Å². The molecule has 1 heterocycles. The minimum Gasteiger partial charge on any atom is -0.367 e. The van der Waals surface area contributed by atoms with Crippen molar-refractivity contribution < 1.29 is 34.8 Å². The topological polar surface area (TPSA) is 52.6 Å². The van der Waals surface area contributed by atoms with E-state index in [1.54, 1.807) is 19.2 Å². The molecule has 0 spiro atoms. The van der Waals surface area contributed by atoms with Gasteiger partial charge in [0.25, 0.3) is 10.0 Å². The van der Waals surface area contributed by atoms with Gasteiger partial charge >= 0.3 is 12.4 Å². The van der Waals surface area contributed by atoms with Gasteiger partial charge < -0.3 is 10.2 Å². The van der Waals surface area contributed by atoms with Crippen LogP contribution < -0.4 is 14.5 Å². The van der Waals surface area contributed by atoms with Crippen molar-refractivity contribution in [1.29, 1.82) is 0 Å². The normalized spacial score (nSPS) is 14.6. The van der Waals surface area contributed by atoms with Gasteiger partial charge in [-0.15, -0.1) is 0 Å². The molecule has 1 N–H and O–H groups in total. The van der Waals surface area contributed by atoms with Crippen molar-refractivity contribution in [2.24, 2.45) is 0 Å². The van der Waals surface area contributed by atoms with E-state index in [0.29, 0.717) is 30.4 Å². The number of benzene rings is 3. The van der Waals surface area contributed by atoms with E-state index in [2.05, 4.69) is 5.32 Å². The van der Waals surface area contributed by atoms with Crippen LogP contribution in [0.5, 0.6) is 0 Å². The van der Waals surface area contributed by atoms with Crippen molar-refractivity contribution in [3.8, 4) is 0 Å². The van der Waals surface area contributed by atoms with Gasteiger partial charge in [0, 0.05) is 30.2 Å². The van der Waals surface area contributed by atoms with Gasteiger partial charge in [-0.25, -0.2) is 8.42 Å². The molecule has 3 aromatic carbocycles. The van der Waals surface area contributed by atoms with E-state index in [9.17, 15) is 34.8 Å². The summed E-state index contributed by atoms with van der Waals surface area (Å²) in [5.74, 6) is 0. The molecule has 0 unspecified atom stereocenters. The predicted molar refractivity (Wildman–Crippen MR) is 144 cm³/mol. The summed E-state index contributed by atoms with van der Waals surface area (Å²) in [5.41, 5.74) is -1.20. The monoisotopic (exact) mass is 603 g/mol. The Labute approximate surface area is 232 Å². The highest BCUT2D eigenvalue weighted by molar-refractivity contribution is 7.92. The molecule has 0 bridgehead atoms. The van der Waals surface area contributed by atoms with Gasteiger partial charge in [-0.2, -0.15) is 26.3 Å². The summed E-state index contributed by atoms with van der Waals surface area (Å²) < 4.78 is 109. The van der Waals surface area contributed by atoms with Crippen LogP contribution in [0.3, 0.4) is 0 Å². The summed E-state index contributed by atoms with van der Waals surface area (Å²) >= 11 is 6.05. The van der Waals surface area contributed by atoms with Gasteiger partial charge in [0.2, 0.25) is 0 Å². The molecule has 214 valence electrons. The molecular weight excluding hydrogens is 580 g/mol. The Morgan fingerprint density at radius 3 is 2.30 bits per heavy atom. The first kappa shape index (κ1) is 29.8. The molecule has 13 heteroatoms. The van der Waals surface area contributed by atoms with Crippen LogP contribution in [0.25, 0.3) is 12.2 Å². The maximum atomic E-state index is 13.6. The van der Waals surface area contributed by atoms with E-state index >= 15 is 0 Å². The zero-order chi connectivity index (χ0) is 29.3. The van der Waals surface area contributed by atoms with Crippen LogP contribution in [0, 0.1) is 0 Å². The Balaban J connectivity index is 1.79. The smallest absolute Gasteiger partial charge is 0.367 e. The molecule has 0 aliphatic carbocycles. The maximum absolute atomic E-state index is 13.6. The second-order valence-corrected chi connectivity index (χ2v) is 11.2. The summed E-state index contributed by atoms with van der Waals surface area (Å²) in [6.45, 7) is 1.32. The zero-order valence-electron chi connectivity index (χ0n) is 21.0. The van der Waals surface area contributed by atoms with Crippen LogP contribution in [0.15, 0.2) is 65.6 Å². The van der Waals surface area contributed by atoms with Crippen LogP contribution in [0.4, 0.5) is 37.7 Å². The fraction of sp³-hybridized carbons (Fsp3) is 0.259. The van der Waals surface area contributed by atoms with Gasteiger partial charge in [-0.05, 0) is 55.1 Å². The third-order valence-electron chi connectivity index (χ3n) is 6.36. The number of nitrogens with zero attached hydrogens (tertiary/aromatic N) is 2. The summed E-state index contributed by atoms with van der Waals surface area (Å²) in [6, 6.07) is 11.6. The molecule has 0 atom stereocenters. The number of hydrogen-bond donors (Lipinski definition) is 1. The number of hydrogen-bond acceptors (Lipinski definition) is 4. The first-order valence-corrected chi connectivity index (χ1v) is 13.8. The Morgan fingerprint density at radius 2 is 1.62 bits per heavy atom. The molecular formula is C27H24ClF6N3O2S. The molecule has 40 heavy (non-hydrogen) atoms. The number of fused-ring (bicyclic) bond motifs is 1. The van der Waals surface area contributed by atoms with E-state index in [1.165, 1.54) is 30.4 Å². The number of likely N-dealkylation sites (N-methyl/N-ethyl adjacent to an activating group) is 1. The lowest BCUT2D eigenvalue weighted by Crippen LogP contribution is -2.45. The van der Waals surface area contributed by atoms with Gasteiger partial charge in [0.05, 0.1) is 33.9 Å². The number of nitrogens with one attached hydrogen (secondary N) is 1. The lowest BCUT2D eigenvalue weighted by molar-refractivity contribution is -0.138. The minimum atomic E-state index is -4.73. The molecule has 1 aliphatic rings. The number of halogens is 7. The van der Waals surface area contributed by atoms with Crippen LogP contribution in [-0.2, 0) is 22.4 Å². The average Bonchev–Trinajstić information content (AvgIpc) is 2.89. The molecule has 0 aromatic heterocycles. The molecule has 4 rings (SSSR count). The quantitative estimate of drug-likeness (QED) is 0.239. The van der Waals surface area contributed by atoms with E-state index in [-0.39, 0.29) is 29.4 Å². The van der Waals surface area contributed by atoms with Crippen molar-refractivity contribution in [3.05, 3.63) is 87.9 Å². The van der Waals surface area contributed by atoms with Crippen molar-refractivity contribution in [2.75, 3.05) is 42.4 Å². The highest BCUT2D eigenvalue weighted by Gasteiger charge is 2.36. The van der Waals surface area contributed by atoms with E-state index in [4.69, 9.17) is 11.6 Å². The molecule has 0 saturated carbocycles. The van der Waals surface area contributed by atoms with Gasteiger partial charge in [-0.1, -0.05) is 42.0 Å². The molecule has 0 amide bonds. The number of alkyl halides is 6. The van der Waals surface area contributed by atoms with Crippen molar-refractivity contribution in [3.63, 3.8) is 0 Å². The van der Waals surface area contributed by atoms with Gasteiger partial charge in [0.15, 0.2) is 0 Å². The van der Waals surface area contributed by atoms with Crippen LogP contribution in [0.1, 0.15) is 22.3 Å². The zero-order valence-corrected chi connectivity index (χ0v) is 22.6. The fourth-order valence-electron chi connectivity index (χ4n) is 4.39. The fourth-order valence-corrected chi connectivity index (χ4v) is 6.13. The van der Waals surface area contributed by atoms with E-state index < -0.39 is 38.4 Å². The second kappa shape index (κ2) is 11.3. The highest BCUT2D eigenvalue weighted by Crippen LogP contribution is 2.40. The average molecular weight is 604 g/mol. The third kappa shape index (κ3) is 6.24. The van der Waals surface area contributed by atoms with Gasteiger partial charge in [-0.3, -0.25) is 4.31 Å². The third-order valence-corrected chi connectivity index (χ3v) is 8.50. The Morgan fingerprint density at radius 1 is 0.900 bits per heavy atom. The van der Waals surface area contributed by atoms with E-state index in [1.807, 2.05) is 4.90 Å². The van der Waals surface area contributed by atoms with Crippen molar-refractivity contribution >= 4 is 45.2 Å². The summed E-state index contributed by atoms with van der Waals surface area (Å²) in [5, 5.41) is 2.90. The van der Waals surface area contributed by atoms with Crippen LogP contribution in [0.2, 0.25) is 5.02 Å². The summed E-state index contributed by atoms with van der Waals surface area (Å²) in [6.07, 6.45) is -6.82. The predicted octanol–water partition coefficient (Wildman–Crippen LogP) is 6.78. The minimum absolute atomic E-state index is 0.0504. The van der Waals surface area contributed by atoms with Crippen molar-refractivity contribution in [1.82, 2.24) is 5.32 Å². The summed E-state index contributed by atoms with van der Waals surface area (Å²) in [4.78, 5) is 1.40. The number of sulfonamides is 1. The Hall–Kier alpha value is -3.22. The number of anilines is 2. The lowest BCUT2D eigenvalue weighted by atomic mass is 10.0. The standard InChI is InChI=1S/C27H24ClF6N3O2S/c1-35-12-13-36-14-15-37(40(38,39)20-5-2-4-19(17-20)26(29,30)31)25-16-18(9-11-24(25)36)8-10-21-22(27(32,33)34)6-3-7-23(21)28/h2-11,16-17,35H,12-15H2,1H3/b10-8+. The molecule has 3 aromatic rings. The Kier molecular flexibility index (Phi) is 8.44. The first-order valence-electron chi connectivity index (χ1n) is 12.0. The molecule has 0 saturated heterocycles. The Bertz CT molecular complexity index is 1520. The highest BCUT2D eigenvalue weighted by atomic mass is 35.5. The molecule has 5 nitrogen and oxygen atoms in total. The largest absolute Gasteiger partial charge is 0.417 e. The van der Waals surface area contributed by atoms with Crippen LogP contribution >= 0.6 is 11.6 Å². The number of rotatable bonds is 7. The second-order valence-electron chi connectivity index (χ2n) is 8.97. The molecule has 0 fully saturated rings. The molecule has 0 radical (unpaired) electrons. The van der Waals surface area contributed by atoms with Gasteiger partial charge in [0.1, 0.15) is 0 Å². The van der Waals surface area contributed by atoms with Crippen molar-refractivity contribution in [2.45, 2.75) is 17.2 Å². The SMILES string of the molecule is CNCCN1CCN(S(=O)(=O)c2cccc(C(F)(F)F)c2)c2cc(/C=C/c3c(Cl)cccc3C(F)(F)F)ccc21. The first-order chi connectivity index (χ1) is 18.7. The lowest BCUT2D eigenvalue weighted by Gasteiger charge is -2.38. The maximum Gasteiger partial charge on any atom is 0.417 e.